The third-order valence-corrected chi connectivity index (χ3v) is 3.38. The quantitative estimate of drug-likeness (QED) is 0.846. The first-order valence-electron chi connectivity index (χ1n) is 6.43. The minimum Gasteiger partial charge on any atom is -0.459 e. The number of rotatable bonds is 2. The lowest BCUT2D eigenvalue weighted by molar-refractivity contribution is -0.00427. The van der Waals surface area contributed by atoms with Crippen LogP contribution in [0.3, 0.4) is 0 Å². The molecule has 0 spiro atoms. The lowest BCUT2D eigenvalue weighted by Gasteiger charge is -2.35. The molecule has 1 saturated heterocycles. The molecule has 2 heterocycles. The van der Waals surface area contributed by atoms with Gasteiger partial charge in [-0.25, -0.2) is 4.39 Å². The topological polar surface area (TPSA) is 42.7 Å². The van der Waals surface area contributed by atoms with Crippen LogP contribution in [0.4, 0.5) is 4.39 Å². The molecular weight excluding hydrogens is 261 g/mol. The highest BCUT2D eigenvalue weighted by Crippen LogP contribution is 2.26. The summed E-state index contributed by atoms with van der Waals surface area (Å²) in [6.07, 6.45) is 1.47. The van der Waals surface area contributed by atoms with E-state index in [4.69, 9.17) is 9.15 Å². The first-order chi connectivity index (χ1) is 9.75. The summed E-state index contributed by atoms with van der Waals surface area (Å²) in [7, 11) is 0. The molecule has 1 atom stereocenters. The van der Waals surface area contributed by atoms with E-state index in [1.165, 1.54) is 18.4 Å². The molecule has 0 radical (unpaired) electrons. The summed E-state index contributed by atoms with van der Waals surface area (Å²) >= 11 is 0. The van der Waals surface area contributed by atoms with Crippen molar-refractivity contribution < 1.29 is 18.3 Å². The number of halogens is 1. The van der Waals surface area contributed by atoms with Crippen molar-refractivity contribution in [1.29, 1.82) is 0 Å². The first-order valence-corrected chi connectivity index (χ1v) is 6.43. The second-order valence-electron chi connectivity index (χ2n) is 4.62. The van der Waals surface area contributed by atoms with Crippen LogP contribution in [0.25, 0.3) is 0 Å². The van der Waals surface area contributed by atoms with E-state index in [0.29, 0.717) is 25.5 Å². The Bertz CT molecular complexity index is 580. The largest absolute Gasteiger partial charge is 0.459 e. The molecule has 0 saturated carbocycles. The maximum Gasteiger partial charge on any atom is 0.290 e. The number of hydrogen-bond donors (Lipinski definition) is 0. The van der Waals surface area contributed by atoms with E-state index in [0.717, 1.165) is 5.56 Å². The van der Waals surface area contributed by atoms with Crippen LogP contribution >= 0.6 is 0 Å². The molecule has 0 N–H and O–H groups in total. The monoisotopic (exact) mass is 275 g/mol. The zero-order valence-electron chi connectivity index (χ0n) is 10.8. The number of nitrogens with zero attached hydrogens (tertiary/aromatic N) is 1. The van der Waals surface area contributed by atoms with Gasteiger partial charge in [0, 0.05) is 6.54 Å². The van der Waals surface area contributed by atoms with Crippen LogP contribution in [-0.2, 0) is 4.74 Å². The number of hydrogen-bond acceptors (Lipinski definition) is 3. The van der Waals surface area contributed by atoms with Crippen molar-refractivity contribution in [3.63, 3.8) is 0 Å². The maximum atomic E-state index is 13.0. The normalized spacial score (nSPS) is 19.1. The molecule has 104 valence electrons. The summed E-state index contributed by atoms with van der Waals surface area (Å²) in [5.74, 6) is -0.166. The van der Waals surface area contributed by atoms with Crippen LogP contribution in [0, 0.1) is 5.82 Å². The lowest BCUT2D eigenvalue weighted by Crippen LogP contribution is -2.43. The van der Waals surface area contributed by atoms with Gasteiger partial charge in [0.15, 0.2) is 5.76 Å². The predicted octanol–water partition coefficient (Wildman–Crippen LogP) is 2.63. The Morgan fingerprint density at radius 3 is 2.75 bits per heavy atom. The van der Waals surface area contributed by atoms with Gasteiger partial charge in [-0.2, -0.15) is 0 Å². The van der Waals surface area contributed by atoms with Crippen LogP contribution in [0.2, 0.25) is 0 Å². The van der Waals surface area contributed by atoms with Gasteiger partial charge in [0.1, 0.15) is 5.82 Å². The van der Waals surface area contributed by atoms with Gasteiger partial charge in [0.2, 0.25) is 0 Å². The minimum absolute atomic E-state index is 0.173. The Morgan fingerprint density at radius 2 is 2.05 bits per heavy atom. The fourth-order valence-corrected chi connectivity index (χ4v) is 2.35. The van der Waals surface area contributed by atoms with Gasteiger partial charge < -0.3 is 14.1 Å². The summed E-state index contributed by atoms with van der Waals surface area (Å²) in [5.41, 5.74) is 0.853. The Labute approximate surface area is 115 Å². The van der Waals surface area contributed by atoms with E-state index in [1.54, 1.807) is 29.2 Å². The van der Waals surface area contributed by atoms with Crippen LogP contribution in [0.15, 0.2) is 47.1 Å². The third-order valence-electron chi connectivity index (χ3n) is 3.38. The molecule has 5 heteroatoms. The van der Waals surface area contributed by atoms with Gasteiger partial charge in [0.25, 0.3) is 5.91 Å². The zero-order chi connectivity index (χ0) is 13.9. The number of amides is 1. The van der Waals surface area contributed by atoms with Gasteiger partial charge in [-0.3, -0.25) is 4.79 Å². The first kappa shape index (κ1) is 12.9. The highest BCUT2D eigenvalue weighted by Gasteiger charge is 2.30. The van der Waals surface area contributed by atoms with E-state index in [-0.39, 0.29) is 17.8 Å². The molecule has 0 aliphatic carbocycles. The molecule has 1 fully saturated rings. The Hall–Kier alpha value is -2.14. The van der Waals surface area contributed by atoms with Crippen LogP contribution in [-0.4, -0.2) is 30.6 Å². The van der Waals surface area contributed by atoms with Gasteiger partial charge in [-0.05, 0) is 29.8 Å². The summed E-state index contributed by atoms with van der Waals surface area (Å²) < 4.78 is 23.6. The van der Waals surface area contributed by atoms with E-state index >= 15 is 0 Å². The average molecular weight is 275 g/mol. The lowest BCUT2D eigenvalue weighted by atomic mass is 10.0. The van der Waals surface area contributed by atoms with Crippen molar-refractivity contribution >= 4 is 5.91 Å². The molecule has 1 aliphatic heterocycles. The second kappa shape index (κ2) is 5.46. The van der Waals surface area contributed by atoms with Crippen LogP contribution in [0.1, 0.15) is 22.2 Å². The molecule has 20 heavy (non-hydrogen) atoms. The number of ether oxygens (including phenoxy) is 1. The molecular formula is C15H14FNO3. The number of morpholine rings is 1. The van der Waals surface area contributed by atoms with Crippen LogP contribution < -0.4 is 0 Å². The molecule has 3 rings (SSSR count). The molecule has 1 aromatic carbocycles. The highest BCUT2D eigenvalue weighted by atomic mass is 19.1. The van der Waals surface area contributed by atoms with E-state index in [2.05, 4.69) is 0 Å². The van der Waals surface area contributed by atoms with E-state index < -0.39 is 0 Å². The number of carbonyl (C=O) groups is 1. The van der Waals surface area contributed by atoms with E-state index in [9.17, 15) is 9.18 Å². The van der Waals surface area contributed by atoms with Crippen molar-refractivity contribution in [2.75, 3.05) is 19.8 Å². The molecule has 4 nitrogen and oxygen atoms in total. The fraction of sp³-hybridized carbons (Fsp3) is 0.267. The highest BCUT2D eigenvalue weighted by molar-refractivity contribution is 5.91. The van der Waals surface area contributed by atoms with Gasteiger partial charge in [-0.1, -0.05) is 12.1 Å². The summed E-state index contributed by atoms with van der Waals surface area (Å²) in [4.78, 5) is 14.1. The Balaban J connectivity index is 1.87. The molecule has 1 aromatic heterocycles. The van der Waals surface area contributed by atoms with Crippen molar-refractivity contribution in [2.24, 2.45) is 0 Å². The van der Waals surface area contributed by atoms with Crippen LogP contribution in [0.5, 0.6) is 0 Å². The molecule has 2 aromatic rings. The average Bonchev–Trinajstić information content (AvgIpc) is 3.02. The summed E-state index contributed by atoms with van der Waals surface area (Å²) in [6.45, 7) is 1.38. The summed E-state index contributed by atoms with van der Waals surface area (Å²) in [6, 6.07) is 9.23. The van der Waals surface area contributed by atoms with Gasteiger partial charge in [0.05, 0.1) is 25.5 Å². The zero-order valence-corrected chi connectivity index (χ0v) is 10.8. The Kier molecular flexibility index (Phi) is 3.52. The fourth-order valence-electron chi connectivity index (χ4n) is 2.35. The molecule has 1 unspecified atom stereocenters. The van der Waals surface area contributed by atoms with Crippen molar-refractivity contribution in [3.05, 3.63) is 59.8 Å². The maximum absolute atomic E-state index is 13.0. The third kappa shape index (κ3) is 2.44. The second-order valence-corrected chi connectivity index (χ2v) is 4.62. The summed E-state index contributed by atoms with van der Waals surface area (Å²) in [5, 5.41) is 0. The molecule has 1 amide bonds. The van der Waals surface area contributed by atoms with Gasteiger partial charge >= 0.3 is 0 Å². The van der Waals surface area contributed by atoms with Crippen molar-refractivity contribution in [3.8, 4) is 0 Å². The van der Waals surface area contributed by atoms with E-state index in [1.807, 2.05) is 0 Å². The predicted molar refractivity (Wildman–Crippen MR) is 69.7 cm³/mol. The smallest absolute Gasteiger partial charge is 0.290 e. The van der Waals surface area contributed by atoms with Crippen molar-refractivity contribution in [1.82, 2.24) is 4.90 Å². The number of benzene rings is 1. The Morgan fingerprint density at radius 1 is 1.25 bits per heavy atom. The molecule has 0 bridgehead atoms. The van der Waals surface area contributed by atoms with Crippen molar-refractivity contribution in [2.45, 2.75) is 6.04 Å². The standard InChI is InChI=1S/C15H14FNO3/c16-12-5-3-11(4-6-12)13-10-19-9-7-17(13)15(18)14-2-1-8-20-14/h1-6,8,13H,7,9-10H2. The van der Waals surface area contributed by atoms with Gasteiger partial charge in [-0.15, -0.1) is 0 Å². The molecule has 1 aliphatic rings. The number of carbonyl (C=O) groups excluding carboxylic acids is 1. The minimum atomic E-state index is -0.297. The number of furan rings is 1. The SMILES string of the molecule is O=C(c1ccco1)N1CCOCC1c1ccc(F)cc1.